The molecular weight excluding hydrogens is 258 g/mol. The van der Waals surface area contributed by atoms with Gasteiger partial charge in [0.05, 0.1) is 6.10 Å². The zero-order chi connectivity index (χ0) is 15.2. The molecule has 1 N–H and O–H groups in total. The lowest BCUT2D eigenvalue weighted by Crippen LogP contribution is -2.29. The zero-order valence-corrected chi connectivity index (χ0v) is 14.1. The largest absolute Gasteiger partial charge is 0.490 e. The molecule has 0 aromatic heterocycles. The van der Waals surface area contributed by atoms with Crippen LogP contribution in [-0.4, -0.2) is 12.6 Å². The third-order valence-corrected chi connectivity index (χ3v) is 5.00. The van der Waals surface area contributed by atoms with Crippen LogP contribution in [0.3, 0.4) is 0 Å². The van der Waals surface area contributed by atoms with E-state index in [4.69, 9.17) is 4.74 Å². The average Bonchev–Trinajstić information content (AvgIpc) is 2.49. The lowest BCUT2D eigenvalue weighted by Gasteiger charge is -2.33. The first-order valence-electron chi connectivity index (χ1n) is 8.64. The normalized spacial score (nSPS) is 27.3. The monoisotopic (exact) mass is 289 g/mol. The van der Waals surface area contributed by atoms with Gasteiger partial charge >= 0.3 is 0 Å². The summed E-state index contributed by atoms with van der Waals surface area (Å²) in [6.45, 7) is 10.1. The van der Waals surface area contributed by atoms with E-state index in [0.717, 1.165) is 30.6 Å². The van der Waals surface area contributed by atoms with E-state index in [-0.39, 0.29) is 0 Å². The van der Waals surface area contributed by atoms with Gasteiger partial charge in [0.1, 0.15) is 5.75 Å². The van der Waals surface area contributed by atoms with Crippen molar-refractivity contribution in [1.29, 1.82) is 0 Å². The van der Waals surface area contributed by atoms with Gasteiger partial charge in [-0.05, 0) is 50.1 Å². The van der Waals surface area contributed by atoms with Crippen LogP contribution in [0.25, 0.3) is 0 Å². The van der Waals surface area contributed by atoms with Gasteiger partial charge in [0.15, 0.2) is 0 Å². The number of para-hydroxylation sites is 1. The fourth-order valence-electron chi connectivity index (χ4n) is 3.38. The Morgan fingerprint density at radius 1 is 1.14 bits per heavy atom. The molecule has 2 heteroatoms. The highest BCUT2D eigenvalue weighted by Gasteiger charge is 2.26. The van der Waals surface area contributed by atoms with Crippen molar-refractivity contribution < 1.29 is 4.74 Å². The zero-order valence-electron chi connectivity index (χ0n) is 14.1. The third-order valence-electron chi connectivity index (χ3n) is 5.00. The lowest BCUT2D eigenvalue weighted by atomic mass is 9.80. The molecule has 118 valence electrons. The van der Waals surface area contributed by atoms with Crippen LogP contribution in [0.15, 0.2) is 24.3 Å². The maximum absolute atomic E-state index is 6.39. The molecule has 2 rings (SSSR count). The van der Waals surface area contributed by atoms with Crippen LogP contribution in [0.1, 0.15) is 65.0 Å². The first-order valence-corrected chi connectivity index (χ1v) is 8.64. The molecule has 0 amide bonds. The number of hydrogen-bond donors (Lipinski definition) is 1. The van der Waals surface area contributed by atoms with E-state index in [0.29, 0.717) is 12.1 Å². The van der Waals surface area contributed by atoms with Gasteiger partial charge in [-0.25, -0.2) is 0 Å². The molecule has 4 atom stereocenters. The summed E-state index contributed by atoms with van der Waals surface area (Å²) in [5.74, 6) is 2.69. The van der Waals surface area contributed by atoms with Gasteiger partial charge in [-0.15, -0.1) is 0 Å². The van der Waals surface area contributed by atoms with Gasteiger partial charge in [0.25, 0.3) is 0 Å². The molecule has 1 aliphatic carbocycles. The molecule has 0 bridgehead atoms. The third kappa shape index (κ3) is 4.23. The van der Waals surface area contributed by atoms with E-state index in [9.17, 15) is 0 Å². The Morgan fingerprint density at radius 2 is 1.90 bits per heavy atom. The van der Waals surface area contributed by atoms with Crippen LogP contribution in [0.2, 0.25) is 0 Å². The maximum atomic E-state index is 6.39. The predicted octanol–water partition coefficient (Wildman–Crippen LogP) is 4.95. The Kier molecular flexibility index (Phi) is 6.10. The van der Waals surface area contributed by atoms with Gasteiger partial charge < -0.3 is 10.1 Å². The summed E-state index contributed by atoms with van der Waals surface area (Å²) in [5, 5.41) is 3.56. The second kappa shape index (κ2) is 7.84. The van der Waals surface area contributed by atoms with E-state index in [1.165, 1.54) is 24.8 Å². The van der Waals surface area contributed by atoms with Crippen LogP contribution in [-0.2, 0) is 0 Å². The van der Waals surface area contributed by atoms with Gasteiger partial charge in [-0.2, -0.15) is 0 Å². The molecule has 1 aromatic carbocycles. The highest BCUT2D eigenvalue weighted by molar-refractivity contribution is 5.36. The summed E-state index contributed by atoms with van der Waals surface area (Å²) in [7, 11) is 0. The lowest BCUT2D eigenvalue weighted by molar-refractivity contribution is 0.0991. The molecule has 0 heterocycles. The minimum Gasteiger partial charge on any atom is -0.490 e. The second-order valence-corrected chi connectivity index (χ2v) is 6.56. The van der Waals surface area contributed by atoms with E-state index in [1.54, 1.807) is 0 Å². The SMILES string of the molecule is CCNC(CC)c1ccccc1OC1CCC(C)C(C)C1. The Balaban J connectivity index is 2.09. The maximum Gasteiger partial charge on any atom is 0.124 e. The highest BCUT2D eigenvalue weighted by atomic mass is 16.5. The van der Waals surface area contributed by atoms with Gasteiger partial charge in [-0.3, -0.25) is 0 Å². The van der Waals surface area contributed by atoms with Crippen molar-refractivity contribution in [1.82, 2.24) is 5.32 Å². The summed E-state index contributed by atoms with van der Waals surface area (Å²) in [6, 6.07) is 8.95. The number of rotatable bonds is 6. The van der Waals surface area contributed by atoms with Crippen molar-refractivity contribution in [2.75, 3.05) is 6.54 Å². The van der Waals surface area contributed by atoms with E-state index < -0.39 is 0 Å². The van der Waals surface area contributed by atoms with Gasteiger partial charge in [0.2, 0.25) is 0 Å². The quantitative estimate of drug-likeness (QED) is 0.800. The van der Waals surface area contributed by atoms with Crippen LogP contribution in [0.4, 0.5) is 0 Å². The molecule has 21 heavy (non-hydrogen) atoms. The van der Waals surface area contributed by atoms with Crippen LogP contribution >= 0.6 is 0 Å². The summed E-state index contributed by atoms with van der Waals surface area (Å²) in [5.41, 5.74) is 1.31. The first-order chi connectivity index (χ1) is 10.2. The molecule has 0 spiro atoms. The molecule has 4 unspecified atom stereocenters. The number of nitrogens with one attached hydrogen (secondary N) is 1. The molecule has 0 saturated heterocycles. The van der Waals surface area contributed by atoms with Crippen molar-refractivity contribution in [2.24, 2.45) is 11.8 Å². The first kappa shape index (κ1) is 16.4. The fourth-order valence-corrected chi connectivity index (χ4v) is 3.38. The van der Waals surface area contributed by atoms with Crippen molar-refractivity contribution in [2.45, 2.75) is 65.5 Å². The Hall–Kier alpha value is -1.02. The molecule has 2 nitrogen and oxygen atoms in total. The Bertz CT molecular complexity index is 431. The molecule has 0 aliphatic heterocycles. The highest BCUT2D eigenvalue weighted by Crippen LogP contribution is 2.34. The van der Waals surface area contributed by atoms with Crippen LogP contribution in [0.5, 0.6) is 5.75 Å². The molecule has 1 aromatic rings. The van der Waals surface area contributed by atoms with Crippen molar-refractivity contribution in [3.05, 3.63) is 29.8 Å². The molecule has 1 fully saturated rings. The summed E-state index contributed by atoms with van der Waals surface area (Å²) in [6.07, 6.45) is 5.15. The number of ether oxygens (including phenoxy) is 1. The molecule has 1 saturated carbocycles. The van der Waals surface area contributed by atoms with E-state index in [2.05, 4.69) is 57.3 Å². The van der Waals surface area contributed by atoms with Gasteiger partial charge in [0, 0.05) is 11.6 Å². The molecule has 0 radical (unpaired) electrons. The number of benzene rings is 1. The molecular formula is C19H31NO. The van der Waals surface area contributed by atoms with Crippen LogP contribution in [0, 0.1) is 11.8 Å². The minimum absolute atomic E-state index is 0.386. The predicted molar refractivity (Wildman–Crippen MR) is 89.7 cm³/mol. The standard InChI is InChI=1S/C19H31NO/c1-5-18(20-6-2)17-9-7-8-10-19(17)21-16-12-11-14(3)15(4)13-16/h7-10,14-16,18,20H,5-6,11-13H2,1-4H3. The fraction of sp³-hybridized carbons (Fsp3) is 0.684. The summed E-state index contributed by atoms with van der Waals surface area (Å²) >= 11 is 0. The van der Waals surface area contributed by atoms with Gasteiger partial charge in [-0.1, -0.05) is 45.9 Å². The Labute approximate surface area is 130 Å². The van der Waals surface area contributed by atoms with Crippen molar-refractivity contribution in [3.63, 3.8) is 0 Å². The second-order valence-electron chi connectivity index (χ2n) is 6.56. The molecule has 1 aliphatic rings. The Morgan fingerprint density at radius 3 is 2.57 bits per heavy atom. The summed E-state index contributed by atoms with van der Waals surface area (Å²) < 4.78 is 6.39. The number of hydrogen-bond acceptors (Lipinski definition) is 2. The van der Waals surface area contributed by atoms with Crippen molar-refractivity contribution >= 4 is 0 Å². The smallest absolute Gasteiger partial charge is 0.124 e. The average molecular weight is 289 g/mol. The minimum atomic E-state index is 0.386. The van der Waals surface area contributed by atoms with Crippen LogP contribution < -0.4 is 10.1 Å². The summed E-state index contributed by atoms with van der Waals surface area (Å²) in [4.78, 5) is 0. The van der Waals surface area contributed by atoms with E-state index >= 15 is 0 Å². The topological polar surface area (TPSA) is 21.3 Å². The van der Waals surface area contributed by atoms with Crippen molar-refractivity contribution in [3.8, 4) is 5.75 Å². The van der Waals surface area contributed by atoms with E-state index in [1.807, 2.05) is 0 Å².